The van der Waals surface area contributed by atoms with Crippen molar-refractivity contribution in [3.8, 4) is 0 Å². The van der Waals surface area contributed by atoms with Gasteiger partial charge in [0.05, 0.1) is 19.8 Å². The standard InChI is InChI=1S/C20H32N2O4/c1-15(20(2,3)19(21)24)17(16-8-6-5-7-9-16)14-18(23)22-10-11-26-13-12-25-4/h5-9,15,17H,10-14H2,1-4H3,(H2,21,24)(H,22,23). The van der Waals surface area contributed by atoms with Gasteiger partial charge in [-0.2, -0.15) is 0 Å². The SMILES string of the molecule is COCCOCCNC(=O)CC(c1ccccc1)C(C)C(C)(C)C(N)=O. The molecule has 3 N–H and O–H groups in total. The summed E-state index contributed by atoms with van der Waals surface area (Å²) < 4.78 is 10.2. The highest BCUT2D eigenvalue weighted by Gasteiger charge is 2.38. The second kappa shape index (κ2) is 10.9. The number of primary amides is 1. The van der Waals surface area contributed by atoms with Gasteiger partial charge in [-0.15, -0.1) is 0 Å². The Hall–Kier alpha value is -1.92. The van der Waals surface area contributed by atoms with Crippen LogP contribution in [0.15, 0.2) is 30.3 Å². The molecule has 0 saturated carbocycles. The number of carbonyl (C=O) groups is 2. The van der Waals surface area contributed by atoms with E-state index in [1.165, 1.54) is 0 Å². The molecule has 0 heterocycles. The molecule has 0 aromatic heterocycles. The van der Waals surface area contributed by atoms with Crippen molar-refractivity contribution >= 4 is 11.8 Å². The molecule has 1 aromatic carbocycles. The maximum absolute atomic E-state index is 12.4. The number of rotatable bonds is 12. The van der Waals surface area contributed by atoms with Crippen LogP contribution in [-0.4, -0.2) is 45.3 Å². The molecule has 146 valence electrons. The van der Waals surface area contributed by atoms with E-state index in [0.717, 1.165) is 5.56 Å². The summed E-state index contributed by atoms with van der Waals surface area (Å²) in [4.78, 5) is 24.3. The fourth-order valence-electron chi connectivity index (χ4n) is 2.79. The molecule has 0 saturated heterocycles. The quantitative estimate of drug-likeness (QED) is 0.556. The van der Waals surface area contributed by atoms with Gasteiger partial charge in [0.2, 0.25) is 11.8 Å². The molecule has 0 radical (unpaired) electrons. The van der Waals surface area contributed by atoms with Gasteiger partial charge in [-0.25, -0.2) is 0 Å². The maximum atomic E-state index is 12.4. The van der Waals surface area contributed by atoms with Crippen molar-refractivity contribution in [3.63, 3.8) is 0 Å². The zero-order chi connectivity index (χ0) is 19.6. The van der Waals surface area contributed by atoms with Gasteiger partial charge >= 0.3 is 0 Å². The number of carbonyl (C=O) groups excluding carboxylic acids is 2. The lowest BCUT2D eigenvalue weighted by Gasteiger charge is -2.35. The number of methoxy groups -OCH3 is 1. The minimum Gasteiger partial charge on any atom is -0.382 e. The predicted molar refractivity (Wildman–Crippen MR) is 102 cm³/mol. The molecule has 0 aliphatic carbocycles. The molecular formula is C20H32N2O4. The lowest BCUT2D eigenvalue weighted by Crippen LogP contribution is -2.41. The Kier molecular flexibility index (Phi) is 9.30. The average molecular weight is 364 g/mol. The first kappa shape index (κ1) is 22.1. The molecule has 0 spiro atoms. The molecule has 2 atom stereocenters. The van der Waals surface area contributed by atoms with Gasteiger partial charge < -0.3 is 20.5 Å². The van der Waals surface area contributed by atoms with E-state index in [9.17, 15) is 9.59 Å². The Balaban J connectivity index is 2.72. The number of nitrogens with two attached hydrogens (primary N) is 1. The van der Waals surface area contributed by atoms with E-state index >= 15 is 0 Å². The molecule has 0 fully saturated rings. The molecule has 1 rings (SSSR count). The Labute approximate surface area is 156 Å². The molecule has 1 aromatic rings. The predicted octanol–water partition coefficient (Wildman–Crippen LogP) is 2.09. The summed E-state index contributed by atoms with van der Waals surface area (Å²) in [5, 5.41) is 2.87. The Morgan fingerprint density at radius 1 is 1.15 bits per heavy atom. The molecule has 6 nitrogen and oxygen atoms in total. The van der Waals surface area contributed by atoms with Crippen molar-refractivity contribution in [2.75, 3.05) is 33.5 Å². The van der Waals surface area contributed by atoms with E-state index in [4.69, 9.17) is 15.2 Å². The molecular weight excluding hydrogens is 332 g/mol. The molecule has 26 heavy (non-hydrogen) atoms. The van der Waals surface area contributed by atoms with Crippen molar-refractivity contribution < 1.29 is 19.1 Å². The first-order chi connectivity index (χ1) is 12.3. The van der Waals surface area contributed by atoms with Gasteiger partial charge in [-0.05, 0) is 17.4 Å². The van der Waals surface area contributed by atoms with Gasteiger partial charge in [0.15, 0.2) is 0 Å². The van der Waals surface area contributed by atoms with E-state index in [1.54, 1.807) is 7.11 Å². The third kappa shape index (κ3) is 6.77. The van der Waals surface area contributed by atoms with Gasteiger partial charge in [-0.3, -0.25) is 9.59 Å². The minimum absolute atomic E-state index is 0.0682. The zero-order valence-electron chi connectivity index (χ0n) is 16.3. The van der Waals surface area contributed by atoms with Crippen LogP contribution in [0.1, 0.15) is 38.7 Å². The van der Waals surface area contributed by atoms with Gasteiger partial charge in [0, 0.05) is 25.5 Å². The number of amides is 2. The van der Waals surface area contributed by atoms with Crippen molar-refractivity contribution in [2.24, 2.45) is 17.1 Å². The van der Waals surface area contributed by atoms with Crippen LogP contribution in [0.5, 0.6) is 0 Å². The van der Waals surface area contributed by atoms with Gasteiger partial charge in [-0.1, -0.05) is 51.1 Å². The van der Waals surface area contributed by atoms with Crippen LogP contribution in [0, 0.1) is 11.3 Å². The van der Waals surface area contributed by atoms with E-state index in [0.29, 0.717) is 32.8 Å². The number of ether oxygens (including phenoxy) is 2. The Bertz CT molecular complexity index is 560. The highest BCUT2D eigenvalue weighted by atomic mass is 16.5. The molecule has 6 heteroatoms. The Morgan fingerprint density at radius 2 is 1.81 bits per heavy atom. The molecule has 0 bridgehead atoms. The molecule has 2 amide bonds. The van der Waals surface area contributed by atoms with E-state index in [2.05, 4.69) is 5.32 Å². The number of nitrogens with one attached hydrogen (secondary N) is 1. The second-order valence-corrected chi connectivity index (χ2v) is 7.05. The monoisotopic (exact) mass is 364 g/mol. The smallest absolute Gasteiger partial charge is 0.223 e. The average Bonchev–Trinajstić information content (AvgIpc) is 2.62. The molecule has 0 aliphatic heterocycles. The Morgan fingerprint density at radius 3 is 2.38 bits per heavy atom. The first-order valence-electron chi connectivity index (χ1n) is 8.99. The first-order valence-corrected chi connectivity index (χ1v) is 8.99. The lowest BCUT2D eigenvalue weighted by atomic mass is 9.69. The summed E-state index contributed by atoms with van der Waals surface area (Å²) >= 11 is 0. The summed E-state index contributed by atoms with van der Waals surface area (Å²) in [6.07, 6.45) is 0.292. The van der Waals surface area contributed by atoms with E-state index in [1.807, 2.05) is 51.1 Å². The van der Waals surface area contributed by atoms with Gasteiger partial charge in [0.25, 0.3) is 0 Å². The fraction of sp³-hybridized carbons (Fsp3) is 0.600. The van der Waals surface area contributed by atoms with Crippen LogP contribution in [0.2, 0.25) is 0 Å². The number of benzene rings is 1. The summed E-state index contributed by atoms with van der Waals surface area (Å²) in [5.74, 6) is -0.626. The summed E-state index contributed by atoms with van der Waals surface area (Å²) in [5.41, 5.74) is 5.90. The van der Waals surface area contributed by atoms with Gasteiger partial charge in [0.1, 0.15) is 0 Å². The summed E-state index contributed by atoms with van der Waals surface area (Å²) in [7, 11) is 1.61. The van der Waals surface area contributed by atoms with Crippen molar-refractivity contribution in [1.82, 2.24) is 5.32 Å². The topological polar surface area (TPSA) is 90.7 Å². The zero-order valence-corrected chi connectivity index (χ0v) is 16.3. The summed E-state index contributed by atoms with van der Waals surface area (Å²) in [6, 6.07) is 9.78. The fourth-order valence-corrected chi connectivity index (χ4v) is 2.79. The normalized spacial score (nSPS) is 13.8. The highest BCUT2D eigenvalue weighted by molar-refractivity contribution is 5.81. The van der Waals surface area contributed by atoms with Crippen LogP contribution < -0.4 is 11.1 Å². The van der Waals surface area contributed by atoms with E-state index in [-0.39, 0.29) is 23.7 Å². The number of hydrogen-bond donors (Lipinski definition) is 2. The van der Waals surface area contributed by atoms with Crippen molar-refractivity contribution in [2.45, 2.75) is 33.1 Å². The van der Waals surface area contributed by atoms with Crippen molar-refractivity contribution in [3.05, 3.63) is 35.9 Å². The largest absolute Gasteiger partial charge is 0.382 e. The third-order valence-corrected chi connectivity index (χ3v) is 5.01. The molecule has 2 unspecified atom stereocenters. The van der Waals surface area contributed by atoms with E-state index < -0.39 is 5.41 Å². The lowest BCUT2D eigenvalue weighted by molar-refractivity contribution is -0.130. The third-order valence-electron chi connectivity index (χ3n) is 5.01. The van der Waals surface area contributed by atoms with Crippen LogP contribution in [-0.2, 0) is 19.1 Å². The van der Waals surface area contributed by atoms with Crippen LogP contribution in [0.25, 0.3) is 0 Å². The minimum atomic E-state index is -0.718. The highest BCUT2D eigenvalue weighted by Crippen LogP contribution is 2.39. The second-order valence-electron chi connectivity index (χ2n) is 7.05. The number of hydrogen-bond acceptors (Lipinski definition) is 4. The molecule has 0 aliphatic rings. The maximum Gasteiger partial charge on any atom is 0.223 e. The summed E-state index contributed by atoms with van der Waals surface area (Å²) in [6.45, 7) is 7.55. The van der Waals surface area contributed by atoms with Crippen LogP contribution in [0.3, 0.4) is 0 Å². The van der Waals surface area contributed by atoms with Crippen LogP contribution in [0.4, 0.5) is 0 Å². The van der Waals surface area contributed by atoms with Crippen molar-refractivity contribution in [1.29, 1.82) is 0 Å². The van der Waals surface area contributed by atoms with Crippen LogP contribution >= 0.6 is 0 Å².